The maximum Gasteiger partial charge on any atom is 0.320 e. The molecule has 8 heteroatoms. The van der Waals surface area contributed by atoms with Crippen LogP contribution in [0.25, 0.3) is 5.69 Å². The Morgan fingerprint density at radius 1 is 1.15 bits per heavy atom. The Labute approximate surface area is 206 Å². The average molecular weight is 482 g/mol. The lowest BCUT2D eigenvalue weighted by atomic mass is 9.94. The van der Waals surface area contributed by atoms with E-state index in [9.17, 15) is 4.79 Å². The summed E-state index contributed by atoms with van der Waals surface area (Å²) < 4.78 is 7.04. The monoisotopic (exact) mass is 481 g/mol. The number of ether oxygens (including phenoxy) is 1. The molecule has 2 heterocycles. The Balaban J connectivity index is 1.53. The van der Waals surface area contributed by atoms with Crippen molar-refractivity contribution in [3.8, 4) is 5.69 Å². The number of carbonyl (C=O) groups is 1. The first-order valence-electron chi connectivity index (χ1n) is 11.6. The second-order valence-corrected chi connectivity index (χ2v) is 9.41. The van der Waals surface area contributed by atoms with E-state index < -0.39 is 0 Å². The fourth-order valence-electron chi connectivity index (χ4n) is 4.37. The topological polar surface area (TPSA) is 71.4 Å². The highest BCUT2D eigenvalue weighted by Gasteiger charge is 2.35. The molecule has 180 valence electrons. The summed E-state index contributed by atoms with van der Waals surface area (Å²) >= 11 is 6.26. The van der Waals surface area contributed by atoms with Crippen molar-refractivity contribution in [2.75, 3.05) is 38.7 Å². The fraction of sp³-hybridized carbons (Fsp3) is 0.385. The number of rotatable bonds is 8. The van der Waals surface area contributed by atoms with Crippen LogP contribution in [0.3, 0.4) is 0 Å². The molecule has 7 nitrogen and oxygen atoms in total. The number of anilines is 1. The lowest BCUT2D eigenvalue weighted by molar-refractivity contribution is 0.159. The molecule has 4 rings (SSSR count). The Morgan fingerprint density at radius 3 is 2.65 bits per heavy atom. The lowest BCUT2D eigenvalue weighted by Crippen LogP contribution is -2.42. The molecule has 2 amide bonds. The highest BCUT2D eigenvalue weighted by Crippen LogP contribution is 2.29. The molecule has 1 aliphatic heterocycles. The lowest BCUT2D eigenvalue weighted by Gasteiger charge is -2.21. The number of hydrogen-bond acceptors (Lipinski definition) is 4. The Bertz CT molecular complexity index is 1100. The zero-order valence-electron chi connectivity index (χ0n) is 19.9. The van der Waals surface area contributed by atoms with E-state index in [1.807, 2.05) is 54.6 Å². The SMILES string of the molecule is COCCN1CC(NC(=O)Nc2cc(C(C)C)nn2-c2ccccc2)[C@H](c2cccc(Cl)c2)C1. The summed E-state index contributed by atoms with van der Waals surface area (Å²) in [6.45, 7) is 7.20. The van der Waals surface area contributed by atoms with Crippen molar-refractivity contribution < 1.29 is 9.53 Å². The number of carbonyl (C=O) groups excluding carboxylic acids is 1. The van der Waals surface area contributed by atoms with E-state index in [2.05, 4.69) is 35.4 Å². The van der Waals surface area contributed by atoms with Gasteiger partial charge in [-0.05, 0) is 35.7 Å². The quantitative estimate of drug-likeness (QED) is 0.480. The summed E-state index contributed by atoms with van der Waals surface area (Å²) in [6, 6.07) is 19.3. The third-order valence-corrected chi connectivity index (χ3v) is 6.40. The predicted octanol–water partition coefficient (Wildman–Crippen LogP) is 4.89. The maximum atomic E-state index is 13.2. The Kier molecular flexibility index (Phi) is 7.88. The Hall–Kier alpha value is -2.87. The summed E-state index contributed by atoms with van der Waals surface area (Å²) in [6.07, 6.45) is 0. The van der Waals surface area contributed by atoms with Gasteiger partial charge in [-0.25, -0.2) is 9.48 Å². The van der Waals surface area contributed by atoms with Crippen LogP contribution in [-0.2, 0) is 4.74 Å². The van der Waals surface area contributed by atoms with E-state index in [-0.39, 0.29) is 23.9 Å². The normalized spacial score (nSPS) is 18.4. The van der Waals surface area contributed by atoms with E-state index in [1.165, 1.54) is 0 Å². The van der Waals surface area contributed by atoms with Gasteiger partial charge in [0.1, 0.15) is 5.82 Å². The van der Waals surface area contributed by atoms with Gasteiger partial charge in [0.05, 0.1) is 24.0 Å². The number of nitrogens with one attached hydrogen (secondary N) is 2. The number of methoxy groups -OCH3 is 1. The van der Waals surface area contributed by atoms with Gasteiger partial charge in [0, 0.05) is 43.8 Å². The molecule has 0 radical (unpaired) electrons. The Morgan fingerprint density at radius 2 is 1.94 bits per heavy atom. The van der Waals surface area contributed by atoms with Gasteiger partial charge in [0.2, 0.25) is 0 Å². The van der Waals surface area contributed by atoms with Crippen LogP contribution in [0.5, 0.6) is 0 Å². The van der Waals surface area contributed by atoms with Crippen LogP contribution >= 0.6 is 11.6 Å². The van der Waals surface area contributed by atoms with Gasteiger partial charge in [0.25, 0.3) is 0 Å². The first kappa shape index (κ1) is 24.3. The third-order valence-electron chi connectivity index (χ3n) is 6.16. The molecule has 1 aromatic heterocycles. The summed E-state index contributed by atoms with van der Waals surface area (Å²) in [5.74, 6) is 1.01. The van der Waals surface area contributed by atoms with Crippen molar-refractivity contribution in [1.29, 1.82) is 0 Å². The van der Waals surface area contributed by atoms with Gasteiger partial charge < -0.3 is 10.1 Å². The zero-order valence-corrected chi connectivity index (χ0v) is 20.6. The van der Waals surface area contributed by atoms with Crippen LogP contribution in [0.15, 0.2) is 60.7 Å². The number of urea groups is 1. The van der Waals surface area contributed by atoms with Crippen LogP contribution in [0.4, 0.5) is 10.6 Å². The van der Waals surface area contributed by atoms with Crippen LogP contribution in [0, 0.1) is 0 Å². The minimum absolute atomic E-state index is 0.0620. The van der Waals surface area contributed by atoms with Crippen LogP contribution in [-0.4, -0.2) is 60.1 Å². The molecule has 0 saturated carbocycles. The van der Waals surface area contributed by atoms with Crippen molar-refractivity contribution in [2.24, 2.45) is 0 Å². The number of likely N-dealkylation sites (tertiary alicyclic amines) is 1. The molecule has 0 bridgehead atoms. The maximum absolute atomic E-state index is 13.2. The molecule has 3 aromatic rings. The van der Waals surface area contributed by atoms with Crippen LogP contribution in [0.1, 0.15) is 36.9 Å². The molecule has 1 fully saturated rings. The molecular weight excluding hydrogens is 450 g/mol. The van der Waals surface area contributed by atoms with Crippen molar-refractivity contribution in [2.45, 2.75) is 31.7 Å². The summed E-state index contributed by atoms with van der Waals surface area (Å²) in [5.41, 5.74) is 2.94. The molecule has 2 atom stereocenters. The van der Waals surface area contributed by atoms with Gasteiger partial charge in [-0.3, -0.25) is 10.2 Å². The first-order valence-corrected chi connectivity index (χ1v) is 12.0. The number of para-hydroxylation sites is 1. The van der Waals surface area contributed by atoms with E-state index in [4.69, 9.17) is 21.4 Å². The minimum atomic E-state index is -0.252. The number of halogens is 1. The van der Waals surface area contributed by atoms with Gasteiger partial charge >= 0.3 is 6.03 Å². The molecule has 1 aliphatic rings. The predicted molar refractivity (Wildman–Crippen MR) is 136 cm³/mol. The highest BCUT2D eigenvalue weighted by molar-refractivity contribution is 6.30. The molecular formula is C26H32ClN5O2. The van der Waals surface area contributed by atoms with Gasteiger partial charge in [-0.2, -0.15) is 5.10 Å². The van der Waals surface area contributed by atoms with Crippen molar-refractivity contribution in [1.82, 2.24) is 20.0 Å². The molecule has 2 N–H and O–H groups in total. The molecule has 1 saturated heterocycles. The molecule has 0 aliphatic carbocycles. The van der Waals surface area contributed by atoms with Gasteiger partial charge in [-0.15, -0.1) is 0 Å². The number of benzene rings is 2. The second-order valence-electron chi connectivity index (χ2n) is 8.98. The number of aromatic nitrogens is 2. The highest BCUT2D eigenvalue weighted by atomic mass is 35.5. The summed E-state index contributed by atoms with van der Waals surface area (Å²) in [5, 5.41) is 11.7. The number of hydrogen-bond donors (Lipinski definition) is 2. The molecule has 1 unspecified atom stereocenters. The van der Waals surface area contributed by atoms with Crippen molar-refractivity contribution in [3.05, 3.63) is 76.9 Å². The smallest absolute Gasteiger partial charge is 0.320 e. The van der Waals surface area contributed by atoms with Crippen molar-refractivity contribution in [3.63, 3.8) is 0 Å². The summed E-state index contributed by atoms with van der Waals surface area (Å²) in [4.78, 5) is 15.5. The minimum Gasteiger partial charge on any atom is -0.383 e. The molecule has 2 aromatic carbocycles. The van der Waals surface area contributed by atoms with Gasteiger partial charge in [0.15, 0.2) is 0 Å². The van der Waals surface area contributed by atoms with Gasteiger partial charge in [-0.1, -0.05) is 55.8 Å². The summed E-state index contributed by atoms with van der Waals surface area (Å²) in [7, 11) is 1.70. The van der Waals surface area contributed by atoms with E-state index in [1.54, 1.807) is 11.8 Å². The number of nitrogens with zero attached hydrogens (tertiary/aromatic N) is 3. The fourth-order valence-corrected chi connectivity index (χ4v) is 4.57. The molecule has 34 heavy (non-hydrogen) atoms. The number of amides is 2. The average Bonchev–Trinajstić information content (AvgIpc) is 3.42. The van der Waals surface area contributed by atoms with Crippen LogP contribution < -0.4 is 10.6 Å². The largest absolute Gasteiger partial charge is 0.383 e. The van der Waals surface area contributed by atoms with Crippen LogP contribution in [0.2, 0.25) is 5.02 Å². The van der Waals surface area contributed by atoms with E-state index in [0.717, 1.165) is 36.6 Å². The third kappa shape index (κ3) is 5.78. The second kappa shape index (κ2) is 11.0. The first-order chi connectivity index (χ1) is 16.4. The van der Waals surface area contributed by atoms with E-state index >= 15 is 0 Å². The molecule has 0 spiro atoms. The van der Waals surface area contributed by atoms with E-state index in [0.29, 0.717) is 17.4 Å². The van der Waals surface area contributed by atoms with Crippen molar-refractivity contribution >= 4 is 23.4 Å². The zero-order chi connectivity index (χ0) is 24.1. The standard InChI is InChI=1S/C26H32ClN5O2/c1-18(2)23-15-25(32(30-23)21-10-5-4-6-11-21)29-26(33)28-24-17-31(12-13-34-3)16-22(24)19-8-7-9-20(27)14-19/h4-11,14-15,18,22,24H,12-13,16-17H2,1-3H3,(H2,28,29,33)/t22-,24?/m0/s1.